The van der Waals surface area contributed by atoms with E-state index < -0.39 is 0 Å². The number of anilines is 1. The first-order chi connectivity index (χ1) is 11.1. The van der Waals surface area contributed by atoms with E-state index in [0.717, 1.165) is 19.6 Å². The van der Waals surface area contributed by atoms with Crippen LogP contribution in [0.2, 0.25) is 0 Å². The molecule has 0 radical (unpaired) electrons. The number of hydrogen-bond donors (Lipinski definition) is 2. The second-order valence-corrected chi connectivity index (χ2v) is 6.26. The van der Waals surface area contributed by atoms with Gasteiger partial charge >= 0.3 is 6.03 Å². The minimum atomic E-state index is -0.170. The number of aromatic nitrogens is 2. The van der Waals surface area contributed by atoms with Crippen molar-refractivity contribution < 1.29 is 4.79 Å². The fourth-order valence-electron chi connectivity index (χ4n) is 3.05. The molecule has 2 aromatic rings. The van der Waals surface area contributed by atoms with Crippen molar-refractivity contribution in [2.75, 3.05) is 18.4 Å². The third-order valence-corrected chi connectivity index (χ3v) is 4.22. The Balaban J connectivity index is 1.51. The van der Waals surface area contributed by atoms with Crippen molar-refractivity contribution in [3.05, 3.63) is 48.3 Å². The first-order valence-corrected chi connectivity index (χ1v) is 7.92. The van der Waals surface area contributed by atoms with Gasteiger partial charge in [-0.25, -0.2) is 4.79 Å². The highest BCUT2D eigenvalue weighted by Gasteiger charge is 2.30. The molecule has 1 fully saturated rings. The lowest BCUT2D eigenvalue weighted by Gasteiger charge is -2.17. The predicted octanol–water partition coefficient (Wildman–Crippen LogP) is 2.06. The number of amides is 2. The first kappa shape index (κ1) is 15.6. The summed E-state index contributed by atoms with van der Waals surface area (Å²) in [6.45, 7) is 4.97. The molecular weight excluding hydrogens is 290 g/mol. The van der Waals surface area contributed by atoms with Crippen LogP contribution in [0.25, 0.3) is 0 Å². The highest BCUT2D eigenvalue weighted by atomic mass is 16.2. The lowest BCUT2D eigenvalue weighted by molar-refractivity contribution is 0.246. The molecule has 23 heavy (non-hydrogen) atoms. The fraction of sp³-hybridized carbons (Fsp3) is 0.412. The maximum absolute atomic E-state index is 12.1. The Hall–Kier alpha value is -2.34. The first-order valence-electron chi connectivity index (χ1n) is 7.92. The van der Waals surface area contributed by atoms with E-state index in [9.17, 15) is 4.79 Å². The Bertz CT molecular complexity index is 654. The number of urea groups is 1. The summed E-state index contributed by atoms with van der Waals surface area (Å²) in [5.41, 5.74) is 2.01. The molecule has 6 heteroatoms. The van der Waals surface area contributed by atoms with Crippen LogP contribution in [-0.2, 0) is 13.6 Å². The molecule has 1 aromatic carbocycles. The molecule has 1 aliphatic rings. The van der Waals surface area contributed by atoms with Crippen molar-refractivity contribution in [1.29, 1.82) is 0 Å². The number of benzene rings is 1. The number of nitrogens with zero attached hydrogens (tertiary/aromatic N) is 3. The van der Waals surface area contributed by atoms with Crippen molar-refractivity contribution in [2.45, 2.75) is 19.5 Å². The summed E-state index contributed by atoms with van der Waals surface area (Å²) in [4.78, 5) is 14.5. The van der Waals surface area contributed by atoms with Crippen LogP contribution < -0.4 is 10.6 Å². The summed E-state index contributed by atoms with van der Waals surface area (Å²) in [7, 11) is 1.82. The summed E-state index contributed by atoms with van der Waals surface area (Å²) in [5.74, 6) is 0.429. The van der Waals surface area contributed by atoms with Gasteiger partial charge in [-0.05, 0) is 11.5 Å². The van der Waals surface area contributed by atoms with Crippen LogP contribution in [0.4, 0.5) is 10.5 Å². The van der Waals surface area contributed by atoms with Crippen LogP contribution in [0.5, 0.6) is 0 Å². The average molecular weight is 313 g/mol. The normalized spacial score (nSPS) is 21.3. The van der Waals surface area contributed by atoms with Crippen LogP contribution in [-0.4, -0.2) is 39.8 Å². The number of rotatable bonds is 4. The van der Waals surface area contributed by atoms with Crippen LogP contribution in [0.3, 0.4) is 0 Å². The summed E-state index contributed by atoms with van der Waals surface area (Å²) >= 11 is 0. The van der Waals surface area contributed by atoms with E-state index in [-0.39, 0.29) is 12.1 Å². The Morgan fingerprint density at radius 3 is 2.78 bits per heavy atom. The van der Waals surface area contributed by atoms with Gasteiger partial charge in [0, 0.05) is 38.9 Å². The molecule has 0 spiro atoms. The Morgan fingerprint density at radius 1 is 1.30 bits per heavy atom. The van der Waals surface area contributed by atoms with Crippen LogP contribution in [0.15, 0.2) is 42.7 Å². The lowest BCUT2D eigenvalue weighted by Crippen LogP contribution is -2.42. The van der Waals surface area contributed by atoms with Gasteiger partial charge in [0.15, 0.2) is 0 Å². The lowest BCUT2D eigenvalue weighted by atomic mass is 10.1. The molecule has 1 aromatic heterocycles. The third-order valence-electron chi connectivity index (χ3n) is 4.22. The van der Waals surface area contributed by atoms with Crippen LogP contribution in [0, 0.1) is 5.92 Å². The molecular formula is C17H23N5O. The van der Waals surface area contributed by atoms with Crippen molar-refractivity contribution in [2.24, 2.45) is 13.0 Å². The molecule has 1 aliphatic heterocycles. The molecule has 122 valence electrons. The molecule has 0 saturated carbocycles. The van der Waals surface area contributed by atoms with Crippen molar-refractivity contribution in [3.8, 4) is 0 Å². The van der Waals surface area contributed by atoms with E-state index in [2.05, 4.69) is 51.8 Å². The topological polar surface area (TPSA) is 62.2 Å². The molecule has 6 nitrogen and oxygen atoms in total. The van der Waals surface area contributed by atoms with Gasteiger partial charge in [0.05, 0.1) is 11.9 Å². The Morgan fingerprint density at radius 2 is 2.09 bits per heavy atom. The molecule has 2 N–H and O–H groups in total. The smallest absolute Gasteiger partial charge is 0.319 e. The van der Waals surface area contributed by atoms with E-state index in [4.69, 9.17) is 0 Å². The molecule has 2 atom stereocenters. The summed E-state index contributed by atoms with van der Waals surface area (Å²) in [6, 6.07) is 10.4. The molecule has 2 amide bonds. The highest BCUT2D eigenvalue weighted by Crippen LogP contribution is 2.19. The quantitative estimate of drug-likeness (QED) is 0.908. The SMILES string of the molecule is C[C@H]1CN(Cc2ccccc2)C[C@H]1NC(=O)Nc1cnn(C)c1. The van der Waals surface area contributed by atoms with E-state index >= 15 is 0 Å². The maximum Gasteiger partial charge on any atom is 0.319 e. The second-order valence-electron chi connectivity index (χ2n) is 6.26. The highest BCUT2D eigenvalue weighted by molar-refractivity contribution is 5.89. The zero-order valence-corrected chi connectivity index (χ0v) is 13.6. The van der Waals surface area contributed by atoms with E-state index in [1.165, 1.54) is 5.56 Å². The molecule has 0 bridgehead atoms. The fourth-order valence-corrected chi connectivity index (χ4v) is 3.05. The van der Waals surface area contributed by atoms with Gasteiger partial charge in [0.2, 0.25) is 0 Å². The van der Waals surface area contributed by atoms with Gasteiger partial charge in [-0.15, -0.1) is 0 Å². The molecule has 2 heterocycles. The van der Waals surface area contributed by atoms with Gasteiger partial charge in [0.25, 0.3) is 0 Å². The van der Waals surface area contributed by atoms with Crippen molar-refractivity contribution >= 4 is 11.7 Å². The molecule has 0 unspecified atom stereocenters. The van der Waals surface area contributed by atoms with Gasteiger partial charge in [-0.1, -0.05) is 37.3 Å². The van der Waals surface area contributed by atoms with Gasteiger partial charge in [-0.2, -0.15) is 5.10 Å². The van der Waals surface area contributed by atoms with E-state index in [0.29, 0.717) is 11.6 Å². The van der Waals surface area contributed by atoms with E-state index in [1.54, 1.807) is 17.1 Å². The number of carbonyl (C=O) groups excluding carboxylic acids is 1. The van der Waals surface area contributed by atoms with Crippen molar-refractivity contribution in [3.63, 3.8) is 0 Å². The minimum absolute atomic E-state index is 0.162. The largest absolute Gasteiger partial charge is 0.334 e. The minimum Gasteiger partial charge on any atom is -0.334 e. The monoisotopic (exact) mass is 313 g/mol. The zero-order valence-electron chi connectivity index (χ0n) is 13.6. The number of hydrogen-bond acceptors (Lipinski definition) is 3. The van der Waals surface area contributed by atoms with Gasteiger partial charge in [-0.3, -0.25) is 9.58 Å². The second kappa shape index (κ2) is 6.83. The van der Waals surface area contributed by atoms with Gasteiger partial charge in [0.1, 0.15) is 0 Å². The van der Waals surface area contributed by atoms with Crippen molar-refractivity contribution in [1.82, 2.24) is 20.0 Å². The van der Waals surface area contributed by atoms with Crippen LogP contribution in [0.1, 0.15) is 12.5 Å². The van der Waals surface area contributed by atoms with E-state index in [1.807, 2.05) is 13.1 Å². The summed E-state index contributed by atoms with van der Waals surface area (Å²) in [6.07, 6.45) is 3.42. The number of aryl methyl sites for hydroxylation is 1. The molecule has 3 rings (SSSR count). The summed E-state index contributed by atoms with van der Waals surface area (Å²) in [5, 5.41) is 9.94. The molecule has 1 saturated heterocycles. The third kappa shape index (κ3) is 4.10. The Kier molecular flexibility index (Phi) is 4.62. The predicted molar refractivity (Wildman–Crippen MR) is 90.0 cm³/mol. The maximum atomic E-state index is 12.1. The standard InChI is InChI=1S/C17H23N5O/c1-13-9-22(10-14-6-4-3-5-7-14)12-16(13)20-17(23)19-15-8-18-21(2)11-15/h3-8,11,13,16H,9-10,12H2,1-2H3,(H2,19,20,23)/t13-,16+/m0/s1. The Labute approximate surface area is 136 Å². The number of nitrogens with one attached hydrogen (secondary N) is 2. The average Bonchev–Trinajstić information content (AvgIpc) is 3.06. The van der Waals surface area contributed by atoms with Crippen LogP contribution >= 0.6 is 0 Å². The number of carbonyl (C=O) groups is 1. The molecule has 0 aliphatic carbocycles. The van der Waals surface area contributed by atoms with Gasteiger partial charge < -0.3 is 10.6 Å². The zero-order chi connectivity index (χ0) is 16.2. The summed E-state index contributed by atoms with van der Waals surface area (Å²) < 4.78 is 1.66. The number of likely N-dealkylation sites (tertiary alicyclic amines) is 1.